The lowest BCUT2D eigenvalue weighted by Crippen LogP contribution is -2.42. The summed E-state index contributed by atoms with van der Waals surface area (Å²) in [7, 11) is 0. The van der Waals surface area contributed by atoms with Gasteiger partial charge in [0, 0.05) is 12.5 Å². The molecule has 0 aliphatic heterocycles. The van der Waals surface area contributed by atoms with Crippen LogP contribution >= 0.6 is 0 Å². The summed E-state index contributed by atoms with van der Waals surface area (Å²) in [6, 6.07) is 6.94. The third-order valence-corrected chi connectivity index (χ3v) is 3.87. The van der Waals surface area contributed by atoms with Gasteiger partial charge in [0.05, 0.1) is 17.1 Å². The zero-order valence-electron chi connectivity index (χ0n) is 12.3. The van der Waals surface area contributed by atoms with Crippen molar-refractivity contribution in [2.75, 3.05) is 6.54 Å². The highest BCUT2D eigenvalue weighted by atomic mass is 16.6. The van der Waals surface area contributed by atoms with E-state index in [9.17, 15) is 15.4 Å². The molecule has 0 amide bonds. The number of nitrogens with zero attached hydrogens (tertiary/aromatic N) is 2. The molecule has 0 heterocycles. The minimum absolute atomic E-state index is 0.0202. The monoisotopic (exact) mass is 289 g/mol. The summed E-state index contributed by atoms with van der Waals surface area (Å²) >= 11 is 0. The minimum atomic E-state index is -0.534. The number of nitro groups is 1. The zero-order chi connectivity index (χ0) is 15.5. The molecule has 2 atom stereocenters. The molecule has 6 nitrogen and oxygen atoms in total. The molecule has 0 saturated heterocycles. The van der Waals surface area contributed by atoms with Crippen LogP contribution in [-0.4, -0.2) is 23.1 Å². The maximum Gasteiger partial charge on any atom is 0.273 e. The van der Waals surface area contributed by atoms with Crippen molar-refractivity contribution in [1.82, 2.24) is 5.32 Å². The van der Waals surface area contributed by atoms with E-state index in [1.54, 1.807) is 6.07 Å². The summed E-state index contributed by atoms with van der Waals surface area (Å²) in [4.78, 5) is 10.4. The van der Waals surface area contributed by atoms with Crippen molar-refractivity contribution in [3.8, 4) is 11.8 Å². The summed E-state index contributed by atoms with van der Waals surface area (Å²) in [6.07, 6.45) is 2.00. The molecular weight excluding hydrogens is 270 g/mol. The van der Waals surface area contributed by atoms with E-state index in [1.807, 2.05) is 13.8 Å². The van der Waals surface area contributed by atoms with Gasteiger partial charge >= 0.3 is 0 Å². The van der Waals surface area contributed by atoms with Crippen molar-refractivity contribution in [2.24, 2.45) is 0 Å². The van der Waals surface area contributed by atoms with Crippen LogP contribution in [0.1, 0.15) is 31.7 Å². The molecule has 21 heavy (non-hydrogen) atoms. The molecule has 6 heteroatoms. The fraction of sp³-hybridized carbons (Fsp3) is 0.533. The van der Waals surface area contributed by atoms with Crippen LogP contribution in [0, 0.1) is 28.4 Å². The predicted molar refractivity (Wildman–Crippen MR) is 78.1 cm³/mol. The fourth-order valence-corrected chi connectivity index (χ4v) is 2.75. The standard InChI is InChI=1S/C15H19N3O3/c1-3-17-15(10-16)7-6-13(9-15)21-14-8-12(18(19)20)5-4-11(14)2/h4-5,8,13,17H,3,6-7,9H2,1-2H3. The normalized spacial score (nSPS) is 24.5. The number of benzene rings is 1. The van der Waals surface area contributed by atoms with Gasteiger partial charge in [-0.25, -0.2) is 0 Å². The van der Waals surface area contributed by atoms with Crippen LogP contribution in [0.25, 0.3) is 0 Å². The maximum absolute atomic E-state index is 10.8. The zero-order valence-corrected chi connectivity index (χ0v) is 12.3. The highest BCUT2D eigenvalue weighted by Crippen LogP contribution is 2.34. The third-order valence-electron chi connectivity index (χ3n) is 3.87. The largest absolute Gasteiger partial charge is 0.490 e. The molecule has 1 aromatic rings. The lowest BCUT2D eigenvalue weighted by atomic mass is 10.00. The van der Waals surface area contributed by atoms with Gasteiger partial charge in [-0.15, -0.1) is 0 Å². The fourth-order valence-electron chi connectivity index (χ4n) is 2.75. The van der Waals surface area contributed by atoms with Crippen LogP contribution in [0.3, 0.4) is 0 Å². The van der Waals surface area contributed by atoms with Crippen LogP contribution in [-0.2, 0) is 0 Å². The average Bonchev–Trinajstić information content (AvgIpc) is 2.85. The Balaban J connectivity index is 2.12. The lowest BCUT2D eigenvalue weighted by Gasteiger charge is -2.22. The van der Waals surface area contributed by atoms with Gasteiger partial charge in [-0.3, -0.25) is 15.4 Å². The van der Waals surface area contributed by atoms with Crippen molar-refractivity contribution in [1.29, 1.82) is 5.26 Å². The van der Waals surface area contributed by atoms with Gasteiger partial charge in [0.1, 0.15) is 17.4 Å². The Labute approximate surface area is 123 Å². The van der Waals surface area contributed by atoms with Crippen molar-refractivity contribution in [3.05, 3.63) is 33.9 Å². The van der Waals surface area contributed by atoms with Crippen molar-refractivity contribution < 1.29 is 9.66 Å². The first kappa shape index (κ1) is 15.3. The quantitative estimate of drug-likeness (QED) is 0.665. The van der Waals surface area contributed by atoms with Gasteiger partial charge in [-0.2, -0.15) is 5.26 Å². The van der Waals surface area contributed by atoms with Crippen molar-refractivity contribution in [3.63, 3.8) is 0 Å². The summed E-state index contributed by atoms with van der Waals surface area (Å²) in [6.45, 7) is 4.56. The van der Waals surface area contributed by atoms with Crippen molar-refractivity contribution in [2.45, 2.75) is 44.8 Å². The van der Waals surface area contributed by atoms with E-state index < -0.39 is 10.5 Å². The van der Waals surface area contributed by atoms with E-state index in [2.05, 4.69) is 11.4 Å². The number of nitrogens with one attached hydrogen (secondary N) is 1. The Morgan fingerprint density at radius 2 is 2.38 bits per heavy atom. The second kappa shape index (κ2) is 6.10. The van der Waals surface area contributed by atoms with Crippen LogP contribution in [0.4, 0.5) is 5.69 Å². The smallest absolute Gasteiger partial charge is 0.273 e. The molecule has 1 aromatic carbocycles. The summed E-state index contributed by atoms with van der Waals surface area (Å²) in [5.74, 6) is 0.527. The topological polar surface area (TPSA) is 88.2 Å². The minimum Gasteiger partial charge on any atom is -0.490 e. The molecule has 1 saturated carbocycles. The first-order chi connectivity index (χ1) is 9.99. The highest BCUT2D eigenvalue weighted by Gasteiger charge is 2.40. The maximum atomic E-state index is 10.8. The van der Waals surface area contributed by atoms with Crippen LogP contribution in [0.5, 0.6) is 5.75 Å². The van der Waals surface area contributed by atoms with Gasteiger partial charge in [0.15, 0.2) is 0 Å². The van der Waals surface area contributed by atoms with E-state index in [0.717, 1.165) is 24.9 Å². The first-order valence-electron chi connectivity index (χ1n) is 7.07. The molecule has 1 aliphatic rings. The summed E-state index contributed by atoms with van der Waals surface area (Å²) < 4.78 is 5.90. The Morgan fingerprint density at radius 1 is 1.62 bits per heavy atom. The molecule has 0 spiro atoms. The molecule has 2 rings (SSSR count). The molecule has 0 aromatic heterocycles. The van der Waals surface area contributed by atoms with E-state index in [-0.39, 0.29) is 11.8 Å². The number of nitriles is 1. The number of hydrogen-bond acceptors (Lipinski definition) is 5. The second-order valence-corrected chi connectivity index (χ2v) is 5.41. The van der Waals surface area contributed by atoms with Gasteiger partial charge in [0.25, 0.3) is 5.69 Å². The molecule has 1 N–H and O–H groups in total. The number of nitro benzene ring substituents is 1. The van der Waals surface area contributed by atoms with Gasteiger partial charge in [-0.05, 0) is 37.9 Å². The molecule has 1 fully saturated rings. The number of rotatable bonds is 5. The molecular formula is C15H19N3O3. The Morgan fingerprint density at radius 3 is 3.00 bits per heavy atom. The van der Waals surface area contributed by atoms with E-state index in [0.29, 0.717) is 12.2 Å². The van der Waals surface area contributed by atoms with Gasteiger partial charge in [0.2, 0.25) is 0 Å². The SMILES string of the molecule is CCNC1(C#N)CCC(Oc2cc([N+](=O)[O-])ccc2C)C1. The second-order valence-electron chi connectivity index (χ2n) is 5.41. The lowest BCUT2D eigenvalue weighted by molar-refractivity contribution is -0.385. The third kappa shape index (κ3) is 3.31. The Bertz CT molecular complexity index is 582. The predicted octanol–water partition coefficient (Wildman–Crippen LogP) is 2.71. The Hall–Kier alpha value is -2.13. The Kier molecular flexibility index (Phi) is 4.43. The summed E-state index contributed by atoms with van der Waals surface area (Å²) in [5.41, 5.74) is 0.346. The number of non-ortho nitro benzene ring substituents is 1. The summed E-state index contributed by atoms with van der Waals surface area (Å²) in [5, 5.41) is 23.4. The molecule has 112 valence electrons. The average molecular weight is 289 g/mol. The van der Waals surface area contributed by atoms with Gasteiger partial charge < -0.3 is 4.74 Å². The number of hydrogen-bond donors (Lipinski definition) is 1. The number of ether oxygens (including phenoxy) is 1. The van der Waals surface area contributed by atoms with E-state index in [1.165, 1.54) is 12.1 Å². The van der Waals surface area contributed by atoms with Crippen molar-refractivity contribution >= 4 is 5.69 Å². The van der Waals surface area contributed by atoms with E-state index >= 15 is 0 Å². The van der Waals surface area contributed by atoms with Crippen LogP contribution < -0.4 is 10.1 Å². The molecule has 2 unspecified atom stereocenters. The van der Waals surface area contributed by atoms with Crippen LogP contribution in [0.15, 0.2) is 18.2 Å². The molecule has 0 radical (unpaired) electrons. The van der Waals surface area contributed by atoms with Crippen LogP contribution in [0.2, 0.25) is 0 Å². The first-order valence-corrected chi connectivity index (χ1v) is 7.07. The van der Waals surface area contributed by atoms with Gasteiger partial charge in [-0.1, -0.05) is 6.92 Å². The number of aryl methyl sites for hydroxylation is 1. The molecule has 1 aliphatic carbocycles. The van der Waals surface area contributed by atoms with E-state index in [4.69, 9.17) is 4.74 Å². The highest BCUT2D eigenvalue weighted by molar-refractivity contribution is 5.43. The molecule has 0 bridgehead atoms.